The molecule has 0 aromatic carbocycles. The summed E-state index contributed by atoms with van der Waals surface area (Å²) >= 11 is 0. The van der Waals surface area contributed by atoms with Crippen LogP contribution in [0.2, 0.25) is 0 Å². The molecule has 4 nitrogen and oxygen atoms in total. The first-order chi connectivity index (χ1) is 20.7. The average Bonchev–Trinajstić information content (AvgIpc) is 2.98. The molecule has 2 N–H and O–H groups in total. The minimum Gasteiger partial charge on any atom is -0.279 e. The highest BCUT2D eigenvalue weighted by Gasteiger charge is 2.57. The number of quaternary nitrogens is 1. The second kappa shape index (κ2) is 27.0. The lowest BCUT2D eigenvalue weighted by molar-refractivity contribution is -0.884. The van der Waals surface area contributed by atoms with Gasteiger partial charge in [0.25, 0.3) is 0 Å². The smallest absolute Gasteiger partial charge is 0.279 e. The van der Waals surface area contributed by atoms with Crippen molar-refractivity contribution in [3.63, 3.8) is 0 Å². The molecule has 4 atom stereocenters. The van der Waals surface area contributed by atoms with E-state index in [0.29, 0.717) is 18.4 Å². The Morgan fingerprint density at radius 2 is 0.884 bits per heavy atom. The minimum atomic E-state index is -4.37. The molecule has 0 saturated heterocycles. The Bertz CT molecular complexity index is 671. The van der Waals surface area contributed by atoms with Gasteiger partial charge in [0.1, 0.15) is 0 Å². The van der Waals surface area contributed by atoms with Crippen molar-refractivity contribution in [3.05, 3.63) is 12.2 Å². The van der Waals surface area contributed by atoms with Crippen LogP contribution in [0.3, 0.4) is 0 Å². The van der Waals surface area contributed by atoms with Gasteiger partial charge < -0.3 is 0 Å². The van der Waals surface area contributed by atoms with Crippen molar-refractivity contribution in [1.29, 1.82) is 0 Å². The molecule has 0 saturated carbocycles. The molecule has 258 valence electrons. The zero-order chi connectivity index (χ0) is 32.4. The van der Waals surface area contributed by atoms with Crippen LogP contribution < -0.4 is 0 Å². The zero-order valence-corrected chi connectivity index (χ0v) is 31.2. The van der Waals surface area contributed by atoms with Gasteiger partial charge in [-0.25, -0.2) is 8.82 Å². The van der Waals surface area contributed by atoms with E-state index in [2.05, 4.69) is 60.6 Å². The summed E-state index contributed by atoms with van der Waals surface area (Å²) in [5, 5.41) is 0. The molecule has 0 aliphatic carbocycles. The average molecular weight is 629 g/mol. The van der Waals surface area contributed by atoms with Gasteiger partial charge in [0.05, 0.1) is 18.6 Å². The molecular weight excluding hydrogens is 549 g/mol. The molecular formula is C38H79NO3P+. The Balaban J connectivity index is 4.61. The first-order valence-corrected chi connectivity index (χ1v) is 20.8. The van der Waals surface area contributed by atoms with E-state index in [9.17, 15) is 14.4 Å². The van der Waals surface area contributed by atoms with Crippen molar-refractivity contribution in [2.75, 3.05) is 6.54 Å². The molecule has 0 bridgehead atoms. The topological polar surface area (TPSA) is 57.5 Å². The van der Waals surface area contributed by atoms with Gasteiger partial charge in [0, 0.05) is 11.8 Å². The van der Waals surface area contributed by atoms with Crippen LogP contribution in [-0.4, -0.2) is 32.7 Å². The summed E-state index contributed by atoms with van der Waals surface area (Å²) in [6, 6.07) is 0.0504. The molecule has 0 radical (unpaired) electrons. The summed E-state index contributed by atoms with van der Waals surface area (Å²) in [5.74, 6) is 0.606. The largest absolute Gasteiger partial charge is 0.526 e. The van der Waals surface area contributed by atoms with Crippen molar-refractivity contribution in [1.82, 2.24) is 0 Å². The van der Waals surface area contributed by atoms with E-state index in [1.807, 2.05) is 0 Å². The molecule has 0 aliphatic rings. The summed E-state index contributed by atoms with van der Waals surface area (Å²) in [6.45, 7) is 16.1. The first kappa shape index (κ1) is 42.9. The highest BCUT2D eigenvalue weighted by atomic mass is 31.2. The van der Waals surface area contributed by atoms with Gasteiger partial charge in [-0.2, -0.15) is 0 Å². The van der Waals surface area contributed by atoms with Crippen LogP contribution in [0.15, 0.2) is 12.2 Å². The molecule has 0 rings (SSSR count). The molecule has 5 heteroatoms. The van der Waals surface area contributed by atoms with E-state index in [-0.39, 0.29) is 16.3 Å². The van der Waals surface area contributed by atoms with E-state index in [4.69, 9.17) is 0 Å². The van der Waals surface area contributed by atoms with Gasteiger partial charge in [0.15, 0.2) is 0 Å². The summed E-state index contributed by atoms with van der Waals surface area (Å²) in [4.78, 5) is 22.3. The van der Waals surface area contributed by atoms with Crippen LogP contribution in [0.25, 0.3) is 0 Å². The molecule has 0 fully saturated rings. The van der Waals surface area contributed by atoms with Crippen LogP contribution in [-0.2, 0) is 4.57 Å². The lowest BCUT2D eigenvalue weighted by Gasteiger charge is -2.52. The van der Waals surface area contributed by atoms with Gasteiger partial charge in [0.2, 0.25) is 0 Å². The van der Waals surface area contributed by atoms with Gasteiger partial charge in [-0.05, 0) is 64.2 Å². The number of allylic oxidation sites excluding steroid dienone is 2. The Morgan fingerprint density at radius 3 is 1.21 bits per heavy atom. The predicted octanol–water partition coefficient (Wildman–Crippen LogP) is 12.9. The predicted molar refractivity (Wildman–Crippen MR) is 191 cm³/mol. The van der Waals surface area contributed by atoms with E-state index in [0.717, 1.165) is 51.4 Å². The van der Waals surface area contributed by atoms with Gasteiger partial charge in [-0.1, -0.05) is 151 Å². The second-order valence-corrected chi connectivity index (χ2v) is 15.7. The zero-order valence-electron chi connectivity index (χ0n) is 30.3. The summed E-state index contributed by atoms with van der Waals surface area (Å²) in [7, 11) is -4.37. The van der Waals surface area contributed by atoms with E-state index < -0.39 is 7.75 Å². The second-order valence-electron chi connectivity index (χ2n) is 14.0. The third-order valence-electron chi connectivity index (χ3n) is 10.4. The number of rotatable bonds is 31. The van der Waals surface area contributed by atoms with Crippen LogP contribution in [0.4, 0.5) is 0 Å². The molecule has 0 aromatic heterocycles. The normalized spacial score (nSPS) is 16.8. The summed E-state index contributed by atoms with van der Waals surface area (Å²) < 4.78 is 13.7. The van der Waals surface area contributed by atoms with Gasteiger partial charge >= 0.3 is 7.75 Å². The van der Waals surface area contributed by atoms with Crippen LogP contribution in [0.5, 0.6) is 0 Å². The Morgan fingerprint density at radius 1 is 0.535 bits per heavy atom. The molecule has 0 aromatic rings. The minimum absolute atomic E-state index is 0.0252. The summed E-state index contributed by atoms with van der Waals surface area (Å²) in [5.41, 5.74) is 0. The lowest BCUT2D eigenvalue weighted by Crippen LogP contribution is -2.62. The molecule has 0 heterocycles. The van der Waals surface area contributed by atoms with Crippen LogP contribution in [0, 0.1) is 11.8 Å². The van der Waals surface area contributed by atoms with Crippen molar-refractivity contribution >= 4 is 7.75 Å². The quantitative estimate of drug-likeness (QED) is 0.0456. The fourth-order valence-corrected chi connectivity index (χ4v) is 9.31. The fourth-order valence-electron chi connectivity index (χ4n) is 7.45. The molecule has 43 heavy (non-hydrogen) atoms. The number of unbranched alkanes of at least 4 members (excludes halogenated alkanes) is 16. The fraction of sp³-hybridized carbons (Fsp3) is 0.947. The third kappa shape index (κ3) is 17.4. The van der Waals surface area contributed by atoms with E-state index >= 15 is 0 Å². The highest BCUT2D eigenvalue weighted by molar-refractivity contribution is 7.45. The van der Waals surface area contributed by atoms with E-state index in [1.165, 1.54) is 103 Å². The first-order valence-electron chi connectivity index (χ1n) is 19.3. The SMILES string of the molecule is CCCCCCCC/C=C\CCCCCCCCCCCC[N+](C(CCC)C(C)CC)(C(CCC)C(C)CC)P(=O)(O)O. The maximum Gasteiger partial charge on any atom is 0.526 e. The number of hydrogen-bond donors (Lipinski definition) is 2. The molecule has 4 unspecified atom stereocenters. The molecule has 0 aliphatic heterocycles. The van der Waals surface area contributed by atoms with Crippen molar-refractivity contribution in [2.24, 2.45) is 11.8 Å². The van der Waals surface area contributed by atoms with E-state index in [1.54, 1.807) is 0 Å². The lowest BCUT2D eigenvalue weighted by atomic mass is 9.86. The maximum absolute atomic E-state index is 13.6. The molecule has 0 amide bonds. The Hall–Kier alpha value is -0.150. The maximum atomic E-state index is 13.6. The Kier molecular flexibility index (Phi) is 26.9. The van der Waals surface area contributed by atoms with Crippen LogP contribution >= 0.6 is 7.75 Å². The monoisotopic (exact) mass is 629 g/mol. The van der Waals surface area contributed by atoms with Crippen LogP contribution in [0.1, 0.15) is 203 Å². The van der Waals surface area contributed by atoms with Crippen molar-refractivity contribution in [3.8, 4) is 0 Å². The Labute approximate surface area is 271 Å². The van der Waals surface area contributed by atoms with Gasteiger partial charge in [-0.15, -0.1) is 0 Å². The number of hydrogen-bond acceptors (Lipinski definition) is 1. The van der Waals surface area contributed by atoms with Crippen molar-refractivity contribution in [2.45, 2.75) is 215 Å². The van der Waals surface area contributed by atoms with Gasteiger partial charge in [-0.3, -0.25) is 9.79 Å². The molecule has 0 spiro atoms. The standard InChI is InChI=1S/C38H78NO3P/c1-8-13-14-15-16-17-18-19-20-21-22-23-24-25-26-27-28-29-30-31-34-39(43(40,41)42,37(32-9-2)35(6)11-4)38(33-10-3)36(7)12-5/h19-20,35-38H,8-18,21-34H2,1-7H3,(H-,40,41,42)/p+1/b20-19-. The highest BCUT2D eigenvalue weighted by Crippen LogP contribution is 2.57. The van der Waals surface area contributed by atoms with Crippen molar-refractivity contribution < 1.29 is 18.6 Å². The third-order valence-corrected chi connectivity index (χ3v) is 12.2. The summed E-state index contributed by atoms with van der Waals surface area (Å²) in [6.07, 6.45) is 33.8. The number of nitrogens with zero attached hydrogens (tertiary/aromatic N) is 1.